The number of hydrogen-bond donors (Lipinski definition) is 1. The van der Waals surface area contributed by atoms with Crippen molar-refractivity contribution in [3.8, 4) is 0 Å². The Morgan fingerprint density at radius 3 is 2.58 bits per heavy atom. The molecule has 9 heteroatoms. The van der Waals surface area contributed by atoms with Crippen LogP contribution in [0.15, 0.2) is 66.9 Å². The number of anilines is 1. The number of likely N-dealkylation sites (tertiary alicyclic amines) is 1. The standard InChI is InChI=1S/C27H28F2N4O3/c1-36-24-17-32(13-11-27(24,35)18-6-3-2-4-7-18)26(34)22-16-33(25-8-5-12-30-31-25)15-21(22)20-10-9-19(28)14-23(20)29/h2-10,12,14,21-22,24,35H,11,13,15-17H2,1H3/t21-,22+,24-,27-/m0/s1. The number of halogens is 2. The third-order valence-electron chi connectivity index (χ3n) is 7.43. The number of carbonyl (C=O) groups excluding carboxylic acids is 1. The second kappa shape index (κ2) is 9.91. The van der Waals surface area contributed by atoms with Gasteiger partial charge in [0.05, 0.1) is 5.92 Å². The second-order valence-electron chi connectivity index (χ2n) is 9.41. The van der Waals surface area contributed by atoms with E-state index >= 15 is 0 Å². The number of nitrogens with zero attached hydrogens (tertiary/aromatic N) is 4. The molecular weight excluding hydrogens is 466 g/mol. The first-order valence-corrected chi connectivity index (χ1v) is 12.0. The van der Waals surface area contributed by atoms with E-state index in [9.17, 15) is 18.7 Å². The highest BCUT2D eigenvalue weighted by Crippen LogP contribution is 2.40. The zero-order valence-electron chi connectivity index (χ0n) is 19.9. The predicted molar refractivity (Wildman–Crippen MR) is 129 cm³/mol. The van der Waals surface area contributed by atoms with Gasteiger partial charge in [-0.1, -0.05) is 36.4 Å². The highest BCUT2D eigenvalue weighted by Gasteiger charge is 2.48. The van der Waals surface area contributed by atoms with Gasteiger partial charge < -0.3 is 19.6 Å². The maximum atomic E-state index is 14.9. The molecule has 4 atom stereocenters. The number of hydrogen-bond acceptors (Lipinski definition) is 6. The summed E-state index contributed by atoms with van der Waals surface area (Å²) in [4.78, 5) is 17.5. The normalized spacial score (nSPS) is 26.3. The zero-order valence-corrected chi connectivity index (χ0v) is 19.9. The van der Waals surface area contributed by atoms with Crippen LogP contribution in [0.2, 0.25) is 0 Å². The van der Waals surface area contributed by atoms with Crippen molar-refractivity contribution in [2.24, 2.45) is 5.92 Å². The molecule has 2 aromatic carbocycles. The third kappa shape index (κ3) is 4.44. The Kier molecular flexibility index (Phi) is 6.68. The van der Waals surface area contributed by atoms with Crippen LogP contribution in [0, 0.1) is 17.6 Å². The van der Waals surface area contributed by atoms with E-state index < -0.39 is 35.2 Å². The highest BCUT2D eigenvalue weighted by atomic mass is 19.1. The molecule has 2 saturated heterocycles. The molecule has 1 aromatic heterocycles. The van der Waals surface area contributed by atoms with Gasteiger partial charge in [-0.3, -0.25) is 4.79 Å². The van der Waals surface area contributed by atoms with Crippen LogP contribution in [0.3, 0.4) is 0 Å². The number of rotatable bonds is 5. The molecule has 2 aliphatic rings. The fourth-order valence-electron chi connectivity index (χ4n) is 5.49. The van der Waals surface area contributed by atoms with Crippen LogP contribution in [0.25, 0.3) is 0 Å². The molecule has 1 amide bonds. The molecule has 2 aliphatic heterocycles. The molecule has 36 heavy (non-hydrogen) atoms. The molecular formula is C27H28F2N4O3. The molecule has 0 saturated carbocycles. The lowest BCUT2D eigenvalue weighted by Gasteiger charge is -2.45. The fourth-order valence-corrected chi connectivity index (χ4v) is 5.49. The van der Waals surface area contributed by atoms with Gasteiger partial charge >= 0.3 is 0 Å². The van der Waals surface area contributed by atoms with Crippen LogP contribution >= 0.6 is 0 Å². The predicted octanol–water partition coefficient (Wildman–Crippen LogP) is 3.11. The summed E-state index contributed by atoms with van der Waals surface area (Å²) in [7, 11) is 1.52. The van der Waals surface area contributed by atoms with Gasteiger partial charge in [-0.2, -0.15) is 5.10 Å². The molecule has 0 spiro atoms. The summed E-state index contributed by atoms with van der Waals surface area (Å²) in [6.07, 6.45) is 1.24. The van der Waals surface area contributed by atoms with E-state index in [0.29, 0.717) is 37.4 Å². The Labute approximate surface area is 208 Å². The summed E-state index contributed by atoms with van der Waals surface area (Å²) in [6.45, 7) is 1.18. The highest BCUT2D eigenvalue weighted by molar-refractivity contribution is 5.82. The van der Waals surface area contributed by atoms with Crippen molar-refractivity contribution in [1.82, 2.24) is 15.1 Å². The molecule has 1 N–H and O–H groups in total. The monoisotopic (exact) mass is 494 g/mol. The van der Waals surface area contributed by atoms with E-state index in [1.807, 2.05) is 35.2 Å². The number of methoxy groups -OCH3 is 1. The van der Waals surface area contributed by atoms with Gasteiger partial charge in [-0.25, -0.2) is 8.78 Å². The fraction of sp³-hybridized carbons (Fsp3) is 0.370. The zero-order chi connectivity index (χ0) is 25.3. The van der Waals surface area contributed by atoms with E-state index in [-0.39, 0.29) is 12.5 Å². The summed E-state index contributed by atoms with van der Waals surface area (Å²) in [5.74, 6) is -2.00. The first kappa shape index (κ1) is 24.3. The van der Waals surface area contributed by atoms with Crippen LogP contribution in [0.1, 0.15) is 23.5 Å². The molecule has 3 aromatic rings. The van der Waals surface area contributed by atoms with Gasteiger partial charge in [0.2, 0.25) is 5.91 Å². The van der Waals surface area contributed by atoms with Gasteiger partial charge in [-0.05, 0) is 29.3 Å². The molecule has 2 fully saturated rings. The van der Waals surface area contributed by atoms with Crippen molar-refractivity contribution in [2.45, 2.75) is 24.0 Å². The number of aromatic nitrogens is 2. The van der Waals surface area contributed by atoms with Crippen molar-refractivity contribution in [2.75, 3.05) is 38.2 Å². The third-order valence-corrected chi connectivity index (χ3v) is 7.43. The molecule has 0 aliphatic carbocycles. The van der Waals surface area contributed by atoms with Gasteiger partial charge in [-0.15, -0.1) is 5.10 Å². The van der Waals surface area contributed by atoms with Gasteiger partial charge in [0, 0.05) is 57.9 Å². The van der Waals surface area contributed by atoms with E-state index in [1.165, 1.54) is 19.2 Å². The van der Waals surface area contributed by atoms with Crippen molar-refractivity contribution in [3.63, 3.8) is 0 Å². The van der Waals surface area contributed by atoms with Crippen LogP contribution < -0.4 is 4.90 Å². The number of carbonyl (C=O) groups is 1. The number of benzene rings is 2. The van der Waals surface area contributed by atoms with E-state index in [1.54, 1.807) is 23.2 Å². The maximum Gasteiger partial charge on any atom is 0.228 e. The Hall–Kier alpha value is -3.43. The number of aliphatic hydroxyl groups is 1. The average Bonchev–Trinajstić information content (AvgIpc) is 3.35. The van der Waals surface area contributed by atoms with Crippen molar-refractivity contribution >= 4 is 11.7 Å². The molecule has 0 radical (unpaired) electrons. The van der Waals surface area contributed by atoms with E-state index in [4.69, 9.17) is 4.74 Å². The Balaban J connectivity index is 1.42. The summed E-state index contributed by atoms with van der Waals surface area (Å²) in [5, 5.41) is 19.6. The molecule has 3 heterocycles. The Morgan fingerprint density at radius 1 is 1.08 bits per heavy atom. The number of piperidine rings is 1. The molecule has 5 rings (SSSR count). The summed E-state index contributed by atoms with van der Waals surface area (Å²) < 4.78 is 34.2. The topological polar surface area (TPSA) is 78.8 Å². The second-order valence-corrected chi connectivity index (χ2v) is 9.41. The van der Waals surface area contributed by atoms with Crippen molar-refractivity contribution in [3.05, 3.63) is 89.6 Å². The average molecular weight is 495 g/mol. The Morgan fingerprint density at radius 2 is 1.89 bits per heavy atom. The minimum absolute atomic E-state index is 0.160. The van der Waals surface area contributed by atoms with Crippen molar-refractivity contribution in [1.29, 1.82) is 0 Å². The summed E-state index contributed by atoms with van der Waals surface area (Å²) >= 11 is 0. The maximum absolute atomic E-state index is 14.9. The lowest BCUT2D eigenvalue weighted by atomic mass is 9.81. The molecule has 7 nitrogen and oxygen atoms in total. The molecule has 0 bridgehead atoms. The largest absolute Gasteiger partial charge is 0.382 e. The first-order chi connectivity index (χ1) is 17.4. The quantitative estimate of drug-likeness (QED) is 0.587. The van der Waals surface area contributed by atoms with Gasteiger partial charge in [0.1, 0.15) is 23.3 Å². The van der Waals surface area contributed by atoms with Crippen LogP contribution in [0.4, 0.5) is 14.6 Å². The minimum atomic E-state index is -1.23. The Bertz CT molecular complexity index is 1220. The lowest BCUT2D eigenvalue weighted by molar-refractivity contribution is -0.160. The van der Waals surface area contributed by atoms with Crippen LogP contribution in [-0.4, -0.2) is 65.5 Å². The van der Waals surface area contributed by atoms with Gasteiger partial charge in [0.25, 0.3) is 0 Å². The lowest BCUT2D eigenvalue weighted by Crippen LogP contribution is -2.57. The number of ether oxygens (including phenoxy) is 1. The first-order valence-electron chi connectivity index (χ1n) is 12.0. The van der Waals surface area contributed by atoms with E-state index in [2.05, 4.69) is 10.2 Å². The molecule has 188 valence electrons. The SMILES string of the molecule is CO[C@H]1CN(C(=O)[C@@H]2CN(c3cccnn3)C[C@H]2c2ccc(F)cc2F)CC[C@]1(O)c1ccccc1. The van der Waals surface area contributed by atoms with Crippen molar-refractivity contribution < 1.29 is 23.4 Å². The number of amides is 1. The summed E-state index contributed by atoms with van der Waals surface area (Å²) in [5.41, 5.74) is -0.191. The smallest absolute Gasteiger partial charge is 0.228 e. The van der Waals surface area contributed by atoms with E-state index in [0.717, 1.165) is 11.6 Å². The minimum Gasteiger partial charge on any atom is -0.382 e. The van der Waals surface area contributed by atoms with Gasteiger partial charge in [0.15, 0.2) is 5.82 Å². The summed E-state index contributed by atoms with van der Waals surface area (Å²) in [6, 6.07) is 16.3. The van der Waals surface area contributed by atoms with Crippen LogP contribution in [-0.2, 0) is 15.1 Å². The van der Waals surface area contributed by atoms with Crippen LogP contribution in [0.5, 0.6) is 0 Å². The molecule has 0 unspecified atom stereocenters.